The smallest absolute Gasteiger partial charge is 0.488 e. The number of benzene rings is 2. The quantitative estimate of drug-likeness (QED) is 0.219. The minimum absolute atomic E-state index is 0.00321. The number of phenolic OH excluding ortho intramolecular Hbond substituents is 1. The van der Waals surface area contributed by atoms with Gasteiger partial charge in [0.15, 0.2) is 23.1 Å². The number of amides is 2. The van der Waals surface area contributed by atoms with Crippen molar-refractivity contribution in [3.8, 4) is 11.5 Å². The number of nitrogens with zero attached hydrogens (tertiary/aromatic N) is 1. The molecular formula is C30H25BClNO8. The van der Waals surface area contributed by atoms with E-state index >= 15 is 0 Å². The number of hydrogen-bond acceptors (Lipinski definition) is 8. The summed E-state index contributed by atoms with van der Waals surface area (Å²) in [5, 5.41) is 29.6. The van der Waals surface area contributed by atoms with Crippen molar-refractivity contribution in [3.63, 3.8) is 0 Å². The molecule has 0 aromatic heterocycles. The van der Waals surface area contributed by atoms with Gasteiger partial charge in [0.2, 0.25) is 11.8 Å². The van der Waals surface area contributed by atoms with Crippen LogP contribution in [0, 0.1) is 17.8 Å². The number of fused-ring (bicyclic) bond motifs is 3. The van der Waals surface area contributed by atoms with E-state index in [4.69, 9.17) is 16.3 Å². The number of carbonyl (C=O) groups excluding carboxylic acids is 4. The molecule has 3 aliphatic carbocycles. The van der Waals surface area contributed by atoms with Crippen molar-refractivity contribution in [1.29, 1.82) is 0 Å². The first-order valence-corrected chi connectivity index (χ1v) is 13.5. The summed E-state index contributed by atoms with van der Waals surface area (Å²) in [6.07, 6.45) is 3.53. The summed E-state index contributed by atoms with van der Waals surface area (Å²) in [4.78, 5) is 55.5. The Kier molecular flexibility index (Phi) is 6.52. The Morgan fingerprint density at radius 1 is 1.05 bits per heavy atom. The lowest BCUT2D eigenvalue weighted by Gasteiger charge is -2.42. The summed E-state index contributed by atoms with van der Waals surface area (Å²) in [5.74, 6) is -4.44. The number of imide groups is 1. The van der Waals surface area contributed by atoms with Crippen LogP contribution >= 0.6 is 11.6 Å². The first-order chi connectivity index (χ1) is 19.5. The summed E-state index contributed by atoms with van der Waals surface area (Å²) in [6, 6.07) is 9.04. The Labute approximate surface area is 240 Å². The monoisotopic (exact) mass is 573 g/mol. The summed E-state index contributed by atoms with van der Waals surface area (Å²) >= 11 is 6.34. The van der Waals surface area contributed by atoms with Gasteiger partial charge in [0, 0.05) is 22.6 Å². The lowest BCUT2D eigenvalue weighted by atomic mass is 9.59. The molecule has 0 spiro atoms. The number of allylic oxidation sites excluding steroid dienone is 6. The summed E-state index contributed by atoms with van der Waals surface area (Å²) < 4.78 is 5.31. The number of rotatable bonds is 4. The molecular weight excluding hydrogens is 549 g/mol. The maximum Gasteiger partial charge on any atom is 0.488 e. The van der Waals surface area contributed by atoms with Crippen molar-refractivity contribution >= 4 is 53.3 Å². The van der Waals surface area contributed by atoms with Crippen LogP contribution in [0.15, 0.2) is 70.8 Å². The molecule has 2 aromatic carbocycles. The highest BCUT2D eigenvalue weighted by molar-refractivity contribution is 6.58. The van der Waals surface area contributed by atoms with Crippen molar-refractivity contribution in [2.45, 2.75) is 25.7 Å². The summed E-state index contributed by atoms with van der Waals surface area (Å²) in [5.41, 5.74) is 2.49. The molecule has 0 unspecified atom stereocenters. The molecule has 1 aliphatic heterocycles. The Bertz CT molecular complexity index is 1660. The average Bonchev–Trinajstić information content (AvgIpc) is 3.21. The lowest BCUT2D eigenvalue weighted by Crippen LogP contribution is -2.40. The van der Waals surface area contributed by atoms with Crippen molar-refractivity contribution in [2.75, 3.05) is 12.0 Å². The highest BCUT2D eigenvalue weighted by Gasteiger charge is 2.56. The number of methoxy groups -OCH3 is 1. The molecule has 1 fully saturated rings. The van der Waals surface area contributed by atoms with E-state index < -0.39 is 42.6 Å². The van der Waals surface area contributed by atoms with Crippen LogP contribution in [-0.2, 0) is 19.2 Å². The Hall–Kier alpha value is -3.99. The molecule has 0 radical (unpaired) electrons. The molecule has 9 nitrogen and oxygen atoms in total. The first kappa shape index (κ1) is 27.2. The molecule has 4 aliphatic rings. The number of ketones is 2. The zero-order valence-corrected chi connectivity index (χ0v) is 22.9. The molecule has 4 atom stereocenters. The molecule has 11 heteroatoms. The third-order valence-corrected chi connectivity index (χ3v) is 8.88. The summed E-state index contributed by atoms with van der Waals surface area (Å²) in [7, 11) is -0.402. The third kappa shape index (κ3) is 4.08. The van der Waals surface area contributed by atoms with Gasteiger partial charge in [-0.25, -0.2) is 0 Å². The van der Waals surface area contributed by atoms with Crippen LogP contribution in [0.25, 0.3) is 0 Å². The molecule has 208 valence electrons. The Morgan fingerprint density at radius 2 is 1.80 bits per heavy atom. The molecule has 2 amide bonds. The predicted octanol–water partition coefficient (Wildman–Crippen LogP) is 2.37. The predicted molar refractivity (Wildman–Crippen MR) is 150 cm³/mol. The van der Waals surface area contributed by atoms with Crippen LogP contribution < -0.4 is 15.1 Å². The molecule has 0 bridgehead atoms. The Morgan fingerprint density at radius 3 is 2.51 bits per heavy atom. The zero-order valence-electron chi connectivity index (χ0n) is 22.1. The SMILES string of the molecule is COc1cc([C@H]2C3=CC[C@@H]4C(=O)N(c5cccc(B(O)O)c5)C(=O)[C@@H]4[C@@H]3CC3=C2C(=O)C=C(C)C3=O)cc(Cl)c1O. The van der Waals surface area contributed by atoms with Gasteiger partial charge in [0.1, 0.15) is 0 Å². The Balaban J connectivity index is 1.49. The van der Waals surface area contributed by atoms with Crippen molar-refractivity contribution in [3.05, 3.63) is 81.4 Å². The summed E-state index contributed by atoms with van der Waals surface area (Å²) in [6.45, 7) is 1.57. The number of phenols is 1. The molecule has 0 saturated carbocycles. The normalized spacial score (nSPS) is 25.4. The minimum Gasteiger partial charge on any atom is -0.503 e. The second kappa shape index (κ2) is 9.83. The number of aromatic hydroxyl groups is 1. The fourth-order valence-electron chi connectivity index (χ4n) is 6.76. The van der Waals surface area contributed by atoms with Gasteiger partial charge in [-0.2, -0.15) is 0 Å². The number of carbonyl (C=O) groups is 4. The van der Waals surface area contributed by atoms with Gasteiger partial charge < -0.3 is 19.9 Å². The minimum atomic E-state index is -1.77. The van der Waals surface area contributed by atoms with Gasteiger partial charge in [0.25, 0.3) is 0 Å². The van der Waals surface area contributed by atoms with Crippen LogP contribution in [0.1, 0.15) is 31.2 Å². The van der Waals surface area contributed by atoms with Crippen LogP contribution in [0.5, 0.6) is 11.5 Å². The fourth-order valence-corrected chi connectivity index (χ4v) is 6.98. The van der Waals surface area contributed by atoms with Crippen LogP contribution in [0.4, 0.5) is 5.69 Å². The van der Waals surface area contributed by atoms with E-state index in [1.165, 1.54) is 37.5 Å². The van der Waals surface area contributed by atoms with Gasteiger partial charge in [-0.1, -0.05) is 35.4 Å². The first-order valence-electron chi connectivity index (χ1n) is 13.1. The molecule has 3 N–H and O–H groups in total. The fraction of sp³-hybridized carbons (Fsp3) is 0.267. The van der Waals surface area contributed by atoms with Gasteiger partial charge >= 0.3 is 7.12 Å². The molecule has 2 aromatic rings. The topological polar surface area (TPSA) is 141 Å². The number of Topliss-reactive ketones (excluding diaryl/α,β-unsaturated/α-hetero) is 1. The van der Waals surface area contributed by atoms with E-state index in [2.05, 4.69) is 0 Å². The molecule has 41 heavy (non-hydrogen) atoms. The van der Waals surface area contributed by atoms with Gasteiger partial charge in [-0.15, -0.1) is 0 Å². The van der Waals surface area contributed by atoms with E-state index in [0.717, 1.165) is 10.5 Å². The van der Waals surface area contributed by atoms with Crippen molar-refractivity contribution in [2.24, 2.45) is 17.8 Å². The van der Waals surface area contributed by atoms with E-state index in [1.807, 2.05) is 6.08 Å². The van der Waals surface area contributed by atoms with E-state index in [9.17, 15) is 34.3 Å². The maximum atomic E-state index is 14.0. The zero-order chi connectivity index (χ0) is 29.3. The number of anilines is 1. The van der Waals surface area contributed by atoms with Crippen LogP contribution in [0.2, 0.25) is 5.02 Å². The van der Waals surface area contributed by atoms with Gasteiger partial charge in [0.05, 0.1) is 29.7 Å². The molecule has 6 rings (SSSR count). The second-order valence-electron chi connectivity index (χ2n) is 10.8. The van der Waals surface area contributed by atoms with Gasteiger partial charge in [-0.3, -0.25) is 24.1 Å². The number of hydrogen-bond donors (Lipinski definition) is 3. The van der Waals surface area contributed by atoms with Crippen LogP contribution in [0.3, 0.4) is 0 Å². The lowest BCUT2D eigenvalue weighted by molar-refractivity contribution is -0.123. The number of ether oxygens (including phenoxy) is 1. The molecule has 1 saturated heterocycles. The van der Waals surface area contributed by atoms with E-state index in [1.54, 1.807) is 19.1 Å². The van der Waals surface area contributed by atoms with Crippen molar-refractivity contribution in [1.82, 2.24) is 0 Å². The average molecular weight is 574 g/mol. The highest BCUT2D eigenvalue weighted by atomic mass is 35.5. The highest BCUT2D eigenvalue weighted by Crippen LogP contribution is 2.56. The van der Waals surface area contributed by atoms with E-state index in [-0.39, 0.29) is 52.1 Å². The number of halogens is 1. The molecule has 1 heterocycles. The van der Waals surface area contributed by atoms with Crippen LogP contribution in [-0.4, -0.2) is 52.8 Å². The largest absolute Gasteiger partial charge is 0.503 e. The maximum absolute atomic E-state index is 14.0. The second-order valence-corrected chi connectivity index (χ2v) is 11.2. The standard InChI is InChI=1S/C30H25BClNO8/c1-13-8-22(34)26-20(27(13)35)12-19-17(24(26)14-9-21(32)28(36)23(10-14)41-2)6-7-18-25(19)30(38)33(29(18)37)16-5-3-4-15(11-16)31(39)40/h3-6,8-11,18-19,24-25,36,39-40H,7,12H2,1-2H3/t18-,19+,24-,25-/m0/s1. The van der Waals surface area contributed by atoms with Crippen molar-refractivity contribution < 1.29 is 39.1 Å². The third-order valence-electron chi connectivity index (χ3n) is 8.59. The van der Waals surface area contributed by atoms with Gasteiger partial charge in [-0.05, 0) is 67.1 Å². The van der Waals surface area contributed by atoms with E-state index in [0.29, 0.717) is 22.3 Å².